The number of amides is 1. The van der Waals surface area contributed by atoms with Crippen LogP contribution in [0.2, 0.25) is 0 Å². The molecule has 6 heteroatoms. The summed E-state index contributed by atoms with van der Waals surface area (Å²) in [5.41, 5.74) is 0. The Hall–Kier alpha value is -0.880. The van der Waals surface area contributed by atoms with Crippen molar-refractivity contribution in [2.24, 2.45) is 11.8 Å². The molecule has 2 heterocycles. The van der Waals surface area contributed by atoms with Crippen molar-refractivity contribution in [3.05, 3.63) is 20.3 Å². The van der Waals surface area contributed by atoms with Crippen molar-refractivity contribution < 1.29 is 14.7 Å². The summed E-state index contributed by atoms with van der Waals surface area (Å²) >= 11 is 5.06. The van der Waals surface area contributed by atoms with E-state index in [1.165, 1.54) is 0 Å². The first kappa shape index (κ1) is 16.5. The highest BCUT2D eigenvalue weighted by Crippen LogP contribution is 2.42. The predicted molar refractivity (Wildman–Crippen MR) is 86.4 cm³/mol. The number of hydrogen-bond donors (Lipinski definition) is 1. The summed E-state index contributed by atoms with van der Waals surface area (Å²) < 4.78 is 0.981. The van der Waals surface area contributed by atoms with Crippen molar-refractivity contribution >= 4 is 39.1 Å². The molecule has 2 unspecified atom stereocenters. The van der Waals surface area contributed by atoms with Crippen LogP contribution >= 0.6 is 27.3 Å². The van der Waals surface area contributed by atoms with Gasteiger partial charge in [0.2, 0.25) is 5.91 Å². The first-order chi connectivity index (χ1) is 9.81. The molecule has 1 saturated heterocycles. The molecule has 1 aliphatic rings. The van der Waals surface area contributed by atoms with Crippen molar-refractivity contribution in [1.29, 1.82) is 0 Å². The smallest absolute Gasteiger partial charge is 0.308 e. The van der Waals surface area contributed by atoms with Gasteiger partial charge in [0.25, 0.3) is 0 Å². The maximum atomic E-state index is 12.3. The van der Waals surface area contributed by atoms with Crippen LogP contribution in [0, 0.1) is 18.8 Å². The number of carbonyl (C=O) groups is 2. The predicted octanol–water partition coefficient (Wildman–Crippen LogP) is 3.84. The van der Waals surface area contributed by atoms with Gasteiger partial charge in [0.05, 0.1) is 12.0 Å². The number of nitrogens with zero attached hydrogens (tertiary/aromatic N) is 1. The number of carboxylic acid groups (broad SMARTS) is 1. The molecule has 4 nitrogen and oxygen atoms in total. The summed E-state index contributed by atoms with van der Waals surface area (Å²) in [5, 5.41) is 9.54. The van der Waals surface area contributed by atoms with Gasteiger partial charge in [0.1, 0.15) is 0 Å². The molecule has 2 atom stereocenters. The molecule has 0 spiro atoms. The molecule has 0 bridgehead atoms. The Balaban J connectivity index is 2.43. The van der Waals surface area contributed by atoms with Crippen molar-refractivity contribution in [3.8, 4) is 0 Å². The van der Waals surface area contributed by atoms with Crippen molar-refractivity contribution in [2.45, 2.75) is 39.7 Å². The van der Waals surface area contributed by atoms with Crippen LogP contribution in [0.25, 0.3) is 0 Å². The molecule has 1 aliphatic heterocycles. The number of carboxylic acids is 1. The fourth-order valence-corrected chi connectivity index (χ4v) is 4.54. The van der Waals surface area contributed by atoms with Gasteiger partial charge in [-0.05, 0) is 41.3 Å². The number of rotatable bonds is 4. The second kappa shape index (κ2) is 6.48. The van der Waals surface area contributed by atoms with Crippen LogP contribution in [0.15, 0.2) is 10.5 Å². The molecule has 1 fully saturated rings. The third-order valence-electron chi connectivity index (χ3n) is 3.75. The number of halogens is 1. The summed E-state index contributed by atoms with van der Waals surface area (Å²) in [5.74, 6) is -0.961. The van der Waals surface area contributed by atoms with E-state index in [4.69, 9.17) is 0 Å². The Morgan fingerprint density at radius 3 is 2.71 bits per heavy atom. The number of hydrogen-bond acceptors (Lipinski definition) is 3. The van der Waals surface area contributed by atoms with E-state index in [-0.39, 0.29) is 11.9 Å². The van der Waals surface area contributed by atoms with Gasteiger partial charge in [-0.15, -0.1) is 11.3 Å². The normalized spacial score (nSPS) is 22.9. The molecular formula is C15H20BrNO3S. The summed E-state index contributed by atoms with van der Waals surface area (Å²) in [4.78, 5) is 27.8. The lowest BCUT2D eigenvalue weighted by Gasteiger charge is -2.40. The monoisotopic (exact) mass is 373 g/mol. The lowest BCUT2D eigenvalue weighted by Crippen LogP contribution is -2.46. The third kappa shape index (κ3) is 3.48. The zero-order valence-electron chi connectivity index (χ0n) is 12.4. The van der Waals surface area contributed by atoms with E-state index in [1.807, 2.05) is 26.8 Å². The van der Waals surface area contributed by atoms with Crippen LogP contribution in [-0.2, 0) is 9.59 Å². The number of likely N-dealkylation sites (tertiary alicyclic amines) is 1. The Bertz CT molecular complexity index is 536. The molecule has 0 radical (unpaired) electrons. The molecule has 1 N–H and O–H groups in total. The maximum absolute atomic E-state index is 12.3. The SMILES string of the molecule is Cc1sc(C2C(C(=O)O)CCC(=O)N2CC(C)C)cc1Br. The molecule has 0 aromatic carbocycles. The van der Waals surface area contributed by atoms with Crippen LogP contribution in [-0.4, -0.2) is 28.4 Å². The highest BCUT2D eigenvalue weighted by atomic mass is 79.9. The first-order valence-corrected chi connectivity index (χ1v) is 8.70. The van der Waals surface area contributed by atoms with Gasteiger partial charge < -0.3 is 10.0 Å². The molecule has 21 heavy (non-hydrogen) atoms. The van der Waals surface area contributed by atoms with E-state index in [9.17, 15) is 14.7 Å². The number of thiophene rings is 1. The average Bonchev–Trinajstić information content (AvgIpc) is 2.70. The maximum Gasteiger partial charge on any atom is 0.308 e. The van der Waals surface area contributed by atoms with Gasteiger partial charge in [0, 0.05) is 27.2 Å². The Kier molecular flexibility index (Phi) is 5.09. The second-order valence-corrected chi connectivity index (χ2v) is 8.06. The standard InChI is InChI=1S/C15H20BrNO3S/c1-8(2)7-17-13(18)5-4-10(15(19)20)14(17)12-6-11(16)9(3)21-12/h6,8,10,14H,4-5,7H2,1-3H3,(H,19,20). The minimum absolute atomic E-state index is 0.0633. The number of aryl methyl sites for hydroxylation is 1. The summed E-state index contributed by atoms with van der Waals surface area (Å²) in [6.07, 6.45) is 0.744. The first-order valence-electron chi connectivity index (χ1n) is 7.09. The lowest BCUT2D eigenvalue weighted by atomic mass is 9.87. The Morgan fingerprint density at radius 1 is 1.57 bits per heavy atom. The quantitative estimate of drug-likeness (QED) is 0.871. The molecular weight excluding hydrogens is 354 g/mol. The minimum Gasteiger partial charge on any atom is -0.481 e. The number of aliphatic carboxylic acids is 1. The van der Waals surface area contributed by atoms with Crippen LogP contribution in [0.5, 0.6) is 0 Å². The van der Waals surface area contributed by atoms with E-state index in [2.05, 4.69) is 15.9 Å². The van der Waals surface area contributed by atoms with Gasteiger partial charge in [-0.2, -0.15) is 0 Å². The number of carbonyl (C=O) groups excluding carboxylic acids is 1. The van der Waals surface area contributed by atoms with Gasteiger partial charge in [-0.1, -0.05) is 13.8 Å². The molecule has 1 amide bonds. The summed E-state index contributed by atoms with van der Waals surface area (Å²) in [6, 6.07) is 1.62. The highest BCUT2D eigenvalue weighted by molar-refractivity contribution is 9.10. The van der Waals surface area contributed by atoms with E-state index in [0.717, 1.165) is 14.2 Å². The van der Waals surface area contributed by atoms with Gasteiger partial charge in [-0.3, -0.25) is 9.59 Å². The summed E-state index contributed by atoms with van der Waals surface area (Å²) in [7, 11) is 0. The van der Waals surface area contributed by atoms with E-state index in [1.54, 1.807) is 16.2 Å². The Labute approximate surface area is 137 Å². The van der Waals surface area contributed by atoms with Crippen LogP contribution < -0.4 is 0 Å². The number of piperidine rings is 1. The van der Waals surface area contributed by atoms with Gasteiger partial charge in [-0.25, -0.2) is 0 Å². The average molecular weight is 374 g/mol. The minimum atomic E-state index is -0.816. The fraction of sp³-hybridized carbons (Fsp3) is 0.600. The van der Waals surface area contributed by atoms with E-state index in [0.29, 0.717) is 25.3 Å². The van der Waals surface area contributed by atoms with Crippen molar-refractivity contribution in [1.82, 2.24) is 4.90 Å². The molecule has 1 aromatic heterocycles. The zero-order valence-corrected chi connectivity index (χ0v) is 14.8. The molecule has 0 saturated carbocycles. The van der Waals surface area contributed by atoms with E-state index >= 15 is 0 Å². The van der Waals surface area contributed by atoms with Gasteiger partial charge >= 0.3 is 5.97 Å². The lowest BCUT2D eigenvalue weighted by molar-refractivity contribution is -0.152. The van der Waals surface area contributed by atoms with Crippen molar-refractivity contribution in [2.75, 3.05) is 6.54 Å². The molecule has 1 aromatic rings. The summed E-state index contributed by atoms with van der Waals surface area (Å²) in [6.45, 7) is 6.68. The largest absolute Gasteiger partial charge is 0.481 e. The fourth-order valence-electron chi connectivity index (χ4n) is 2.80. The molecule has 0 aliphatic carbocycles. The van der Waals surface area contributed by atoms with Crippen molar-refractivity contribution in [3.63, 3.8) is 0 Å². The Morgan fingerprint density at radius 2 is 2.24 bits per heavy atom. The zero-order chi connectivity index (χ0) is 15.7. The van der Waals surface area contributed by atoms with Crippen LogP contribution in [0.3, 0.4) is 0 Å². The van der Waals surface area contributed by atoms with Gasteiger partial charge in [0.15, 0.2) is 0 Å². The third-order valence-corrected chi connectivity index (χ3v) is 5.96. The second-order valence-electron chi connectivity index (χ2n) is 5.92. The molecule has 116 valence electrons. The van der Waals surface area contributed by atoms with Crippen LogP contribution in [0.1, 0.15) is 42.5 Å². The van der Waals surface area contributed by atoms with Crippen LogP contribution in [0.4, 0.5) is 0 Å². The van der Waals surface area contributed by atoms with E-state index < -0.39 is 11.9 Å². The highest BCUT2D eigenvalue weighted by Gasteiger charge is 2.41. The topological polar surface area (TPSA) is 57.6 Å². The molecule has 2 rings (SSSR count).